The highest BCUT2D eigenvalue weighted by molar-refractivity contribution is 5.82. The zero-order valence-electron chi connectivity index (χ0n) is 19.2. The lowest BCUT2D eigenvalue weighted by Crippen LogP contribution is -2.38. The molecule has 1 aliphatic carbocycles. The third-order valence-electron chi connectivity index (χ3n) is 6.02. The van der Waals surface area contributed by atoms with Gasteiger partial charge in [0.05, 0.1) is 19.1 Å². The summed E-state index contributed by atoms with van der Waals surface area (Å²) in [6.45, 7) is 0.918. The number of ether oxygens (including phenoxy) is 2. The molecule has 2 aliphatic rings. The van der Waals surface area contributed by atoms with E-state index < -0.39 is 6.61 Å². The summed E-state index contributed by atoms with van der Waals surface area (Å²) in [5.41, 5.74) is 2.70. The van der Waals surface area contributed by atoms with Gasteiger partial charge in [-0.05, 0) is 54.7 Å². The molecule has 1 unspecified atom stereocenters. The first-order valence-electron chi connectivity index (χ1n) is 11.4. The molecule has 1 fully saturated rings. The van der Waals surface area contributed by atoms with E-state index in [1.807, 2.05) is 35.2 Å². The minimum Gasteiger partial charge on any atom is -0.490 e. The number of halogens is 2. The lowest BCUT2D eigenvalue weighted by molar-refractivity contribution is -0.135. The molecule has 34 heavy (non-hydrogen) atoms. The molecule has 1 heterocycles. The van der Waals surface area contributed by atoms with E-state index in [1.54, 1.807) is 30.2 Å². The largest absolute Gasteiger partial charge is 0.490 e. The zero-order chi connectivity index (χ0) is 24.2. The topological polar surface area (TPSA) is 59.1 Å². The number of nitrogens with zero attached hydrogens (tertiary/aromatic N) is 2. The van der Waals surface area contributed by atoms with Crippen LogP contribution in [0.2, 0.25) is 0 Å². The zero-order valence-corrected chi connectivity index (χ0v) is 19.2. The van der Waals surface area contributed by atoms with Crippen LogP contribution in [-0.2, 0) is 16.1 Å². The van der Waals surface area contributed by atoms with Crippen LogP contribution in [0.25, 0.3) is 6.08 Å². The van der Waals surface area contributed by atoms with E-state index in [1.165, 1.54) is 13.0 Å². The Morgan fingerprint density at radius 1 is 1.15 bits per heavy atom. The predicted octanol–water partition coefficient (Wildman–Crippen LogP) is 5.14. The molecule has 2 aromatic carbocycles. The quantitative estimate of drug-likeness (QED) is 0.509. The molecule has 0 radical (unpaired) electrons. The van der Waals surface area contributed by atoms with Crippen LogP contribution in [0.3, 0.4) is 0 Å². The fourth-order valence-electron chi connectivity index (χ4n) is 4.31. The molecule has 6 nitrogen and oxygen atoms in total. The van der Waals surface area contributed by atoms with Gasteiger partial charge >= 0.3 is 6.61 Å². The molecule has 8 heteroatoms. The highest BCUT2D eigenvalue weighted by atomic mass is 19.3. The summed E-state index contributed by atoms with van der Waals surface area (Å²) in [5.74, 6) is -0.00239. The molecule has 0 N–H and O–H groups in total. The van der Waals surface area contributed by atoms with Gasteiger partial charge in [-0.3, -0.25) is 9.59 Å². The van der Waals surface area contributed by atoms with Crippen molar-refractivity contribution in [3.63, 3.8) is 0 Å². The second-order valence-electron chi connectivity index (χ2n) is 8.44. The van der Waals surface area contributed by atoms with Gasteiger partial charge in [0.1, 0.15) is 0 Å². The maximum absolute atomic E-state index is 13.5. The first-order valence-corrected chi connectivity index (χ1v) is 11.4. The lowest BCUT2D eigenvalue weighted by atomic mass is 9.93. The summed E-state index contributed by atoms with van der Waals surface area (Å²) in [6.07, 6.45) is 5.60. The number of fused-ring (bicyclic) bond motifs is 1. The Morgan fingerprint density at radius 3 is 2.59 bits per heavy atom. The number of hydrogen-bond donors (Lipinski definition) is 0. The van der Waals surface area contributed by atoms with Crippen molar-refractivity contribution in [1.82, 2.24) is 9.80 Å². The number of benzene rings is 2. The molecule has 2 aromatic rings. The van der Waals surface area contributed by atoms with Gasteiger partial charge in [0, 0.05) is 25.7 Å². The van der Waals surface area contributed by atoms with Crippen LogP contribution < -0.4 is 9.47 Å². The van der Waals surface area contributed by atoms with E-state index >= 15 is 0 Å². The first-order chi connectivity index (χ1) is 16.4. The van der Waals surface area contributed by atoms with Crippen LogP contribution in [0.4, 0.5) is 8.78 Å². The Kier molecular flexibility index (Phi) is 7.14. The third kappa shape index (κ3) is 5.38. The van der Waals surface area contributed by atoms with Crippen molar-refractivity contribution < 1.29 is 27.8 Å². The van der Waals surface area contributed by atoms with Crippen LogP contribution in [0.1, 0.15) is 55.8 Å². The number of carbonyl (C=O) groups is 2. The van der Waals surface area contributed by atoms with E-state index in [-0.39, 0.29) is 41.8 Å². The predicted molar refractivity (Wildman–Crippen MR) is 123 cm³/mol. The van der Waals surface area contributed by atoms with Crippen molar-refractivity contribution >= 4 is 17.9 Å². The average molecular weight is 471 g/mol. The van der Waals surface area contributed by atoms with E-state index in [9.17, 15) is 18.4 Å². The molecule has 1 saturated carbocycles. The van der Waals surface area contributed by atoms with Gasteiger partial charge in [0.15, 0.2) is 11.5 Å². The lowest BCUT2D eigenvalue weighted by Gasteiger charge is -2.34. The van der Waals surface area contributed by atoms with Crippen LogP contribution >= 0.6 is 0 Å². The van der Waals surface area contributed by atoms with Crippen molar-refractivity contribution in [2.75, 3.05) is 6.61 Å². The highest BCUT2D eigenvalue weighted by Crippen LogP contribution is 2.37. The van der Waals surface area contributed by atoms with Crippen molar-refractivity contribution in [3.05, 3.63) is 65.4 Å². The van der Waals surface area contributed by atoms with Crippen molar-refractivity contribution in [1.29, 1.82) is 0 Å². The molecular formula is C26H28F2N2O4. The molecule has 0 spiro atoms. The molecule has 0 bridgehead atoms. The van der Waals surface area contributed by atoms with Gasteiger partial charge in [-0.25, -0.2) is 0 Å². The Bertz CT molecular complexity index is 1080. The molecular weight excluding hydrogens is 442 g/mol. The SMILES string of the molecule is CCOc1cc(CN(C(=O)CC2c3ccccc3C=CN2C(C)=O)C2CC2)ccc1OC(F)F. The first kappa shape index (κ1) is 23.7. The second kappa shape index (κ2) is 10.2. The summed E-state index contributed by atoms with van der Waals surface area (Å²) in [5, 5.41) is 0. The summed E-state index contributed by atoms with van der Waals surface area (Å²) in [7, 11) is 0. The molecule has 1 atom stereocenters. The minimum absolute atomic E-state index is 0.0346. The Balaban J connectivity index is 1.55. The fourth-order valence-corrected chi connectivity index (χ4v) is 4.31. The normalized spacial score (nSPS) is 16.9. The average Bonchev–Trinajstić information content (AvgIpc) is 3.64. The number of alkyl halides is 2. The fraction of sp³-hybridized carbons (Fsp3) is 0.385. The van der Waals surface area contributed by atoms with Crippen LogP contribution in [0.15, 0.2) is 48.7 Å². The monoisotopic (exact) mass is 470 g/mol. The molecule has 180 valence electrons. The van der Waals surface area contributed by atoms with Crippen molar-refractivity contribution in [3.8, 4) is 11.5 Å². The summed E-state index contributed by atoms with van der Waals surface area (Å²) in [6, 6.07) is 12.3. The second-order valence-corrected chi connectivity index (χ2v) is 8.44. The van der Waals surface area contributed by atoms with E-state index in [0.29, 0.717) is 13.2 Å². The smallest absolute Gasteiger partial charge is 0.387 e. The van der Waals surface area contributed by atoms with Gasteiger partial charge in [-0.15, -0.1) is 0 Å². The van der Waals surface area contributed by atoms with E-state index in [2.05, 4.69) is 4.74 Å². The van der Waals surface area contributed by atoms with E-state index in [0.717, 1.165) is 29.5 Å². The standard InChI is InChI=1S/C26H28F2N2O4/c1-3-33-24-14-18(8-11-23(24)34-26(27)28)16-30(20-9-10-20)25(32)15-22-21-7-5-4-6-19(21)12-13-29(22)17(2)31/h4-8,11-14,20,22,26H,3,9-10,15-16H2,1-2H3. The summed E-state index contributed by atoms with van der Waals surface area (Å²) < 4.78 is 35.5. The molecule has 2 amide bonds. The molecule has 1 aliphatic heterocycles. The molecule has 0 aromatic heterocycles. The number of carbonyl (C=O) groups excluding carboxylic acids is 2. The molecule has 0 saturated heterocycles. The van der Waals surface area contributed by atoms with Crippen molar-refractivity contribution in [2.24, 2.45) is 0 Å². The Hall–Kier alpha value is -3.42. The van der Waals surface area contributed by atoms with Gasteiger partial charge in [0.2, 0.25) is 11.8 Å². The van der Waals surface area contributed by atoms with Gasteiger partial charge < -0.3 is 19.3 Å². The third-order valence-corrected chi connectivity index (χ3v) is 6.02. The van der Waals surface area contributed by atoms with Gasteiger partial charge in [-0.2, -0.15) is 8.78 Å². The molecule has 4 rings (SSSR count). The van der Waals surface area contributed by atoms with E-state index in [4.69, 9.17) is 4.74 Å². The van der Waals surface area contributed by atoms with Gasteiger partial charge in [0.25, 0.3) is 0 Å². The number of amides is 2. The summed E-state index contributed by atoms with van der Waals surface area (Å²) in [4.78, 5) is 29.2. The minimum atomic E-state index is -2.95. The highest BCUT2D eigenvalue weighted by Gasteiger charge is 2.36. The Labute approximate surface area is 197 Å². The Morgan fingerprint density at radius 2 is 1.91 bits per heavy atom. The maximum atomic E-state index is 13.5. The van der Waals surface area contributed by atoms with Gasteiger partial charge in [-0.1, -0.05) is 30.3 Å². The van der Waals surface area contributed by atoms with Crippen molar-refractivity contribution in [2.45, 2.75) is 58.3 Å². The van der Waals surface area contributed by atoms with Crippen LogP contribution in [0.5, 0.6) is 11.5 Å². The number of hydrogen-bond acceptors (Lipinski definition) is 4. The van der Waals surface area contributed by atoms with Crippen LogP contribution in [0, 0.1) is 0 Å². The summed E-state index contributed by atoms with van der Waals surface area (Å²) >= 11 is 0. The van der Waals surface area contributed by atoms with Crippen LogP contribution in [-0.4, -0.2) is 40.9 Å². The number of rotatable bonds is 9. The maximum Gasteiger partial charge on any atom is 0.387 e.